The van der Waals surface area contributed by atoms with Crippen molar-refractivity contribution in [3.63, 3.8) is 0 Å². The molecule has 27 heavy (non-hydrogen) atoms. The highest BCUT2D eigenvalue weighted by molar-refractivity contribution is 5.83. The van der Waals surface area contributed by atoms with Crippen molar-refractivity contribution in [3.05, 3.63) is 59.8 Å². The van der Waals surface area contributed by atoms with Crippen LogP contribution in [0.5, 0.6) is 5.75 Å². The van der Waals surface area contributed by atoms with E-state index < -0.39 is 0 Å². The molecule has 0 fully saturated rings. The molecule has 0 radical (unpaired) electrons. The summed E-state index contributed by atoms with van der Waals surface area (Å²) in [5.74, 6) is 3.12. The second-order valence-electron chi connectivity index (χ2n) is 6.31. The number of oxazole rings is 1. The van der Waals surface area contributed by atoms with Crippen molar-refractivity contribution in [2.75, 3.05) is 20.2 Å². The van der Waals surface area contributed by atoms with Gasteiger partial charge in [-0.05, 0) is 43.2 Å². The number of aromatic nitrogens is 1. The summed E-state index contributed by atoms with van der Waals surface area (Å²) in [4.78, 5) is 8.56. The maximum Gasteiger partial charge on any atom is 0.214 e. The average Bonchev–Trinajstić information content (AvgIpc) is 3.01. The van der Waals surface area contributed by atoms with E-state index in [4.69, 9.17) is 9.15 Å². The summed E-state index contributed by atoms with van der Waals surface area (Å²) in [5.41, 5.74) is 0.917. The van der Waals surface area contributed by atoms with Crippen molar-refractivity contribution < 1.29 is 9.15 Å². The highest BCUT2D eigenvalue weighted by Crippen LogP contribution is 2.20. The largest absolute Gasteiger partial charge is 0.494 e. The average molecular weight is 366 g/mol. The first kappa shape index (κ1) is 18.8. The molecule has 1 heterocycles. The second-order valence-corrected chi connectivity index (χ2v) is 6.31. The molecule has 0 bridgehead atoms. The number of guanidine groups is 1. The quantitative estimate of drug-likeness (QED) is 0.380. The van der Waals surface area contributed by atoms with E-state index in [1.165, 1.54) is 10.8 Å². The Kier molecular flexibility index (Phi) is 6.30. The van der Waals surface area contributed by atoms with Gasteiger partial charge in [-0.25, -0.2) is 4.98 Å². The smallest absolute Gasteiger partial charge is 0.214 e. The first-order valence-electron chi connectivity index (χ1n) is 9.15. The minimum Gasteiger partial charge on any atom is -0.494 e. The molecular weight excluding hydrogens is 340 g/mol. The Balaban J connectivity index is 1.37. The molecule has 2 aromatic carbocycles. The van der Waals surface area contributed by atoms with Crippen molar-refractivity contribution in [2.45, 2.75) is 26.8 Å². The second kappa shape index (κ2) is 9.07. The van der Waals surface area contributed by atoms with Gasteiger partial charge in [-0.2, -0.15) is 0 Å². The number of hydrogen-bond donors (Lipinski definition) is 2. The third-order valence-corrected chi connectivity index (χ3v) is 4.31. The number of rotatable bonds is 7. The van der Waals surface area contributed by atoms with Crippen molar-refractivity contribution in [2.24, 2.45) is 4.99 Å². The first-order chi connectivity index (χ1) is 13.2. The highest BCUT2D eigenvalue weighted by Gasteiger charge is 2.06. The number of fused-ring (bicyclic) bond motifs is 1. The molecule has 0 saturated heterocycles. The Morgan fingerprint density at radius 3 is 2.67 bits per heavy atom. The van der Waals surface area contributed by atoms with E-state index in [0.29, 0.717) is 25.0 Å². The normalized spacial score (nSPS) is 11.6. The van der Waals surface area contributed by atoms with Gasteiger partial charge >= 0.3 is 0 Å². The molecule has 6 heteroatoms. The standard InChI is InChI=1S/C21H26N4O2/c1-15-16(2)27-20(25-15)14-24-21(22-3)23-11-6-12-26-19-10-9-17-7-4-5-8-18(17)13-19/h4-5,7-10,13H,6,11-12,14H2,1-3H3,(H2,22,23,24). The number of nitrogens with one attached hydrogen (secondary N) is 2. The Labute approximate surface area is 159 Å². The molecule has 3 rings (SSSR count). The number of aryl methyl sites for hydroxylation is 2. The highest BCUT2D eigenvalue weighted by atomic mass is 16.5. The Morgan fingerprint density at radius 1 is 1.11 bits per heavy atom. The Hall–Kier alpha value is -3.02. The van der Waals surface area contributed by atoms with Gasteiger partial charge in [0.25, 0.3) is 0 Å². The lowest BCUT2D eigenvalue weighted by atomic mass is 10.1. The van der Waals surface area contributed by atoms with Gasteiger partial charge in [-0.3, -0.25) is 4.99 Å². The molecular formula is C21H26N4O2. The molecule has 0 aliphatic heterocycles. The molecule has 0 unspecified atom stereocenters. The maximum atomic E-state index is 5.85. The SMILES string of the molecule is CN=C(NCCCOc1ccc2ccccc2c1)NCc1nc(C)c(C)o1. The van der Waals surface area contributed by atoms with Crippen LogP contribution >= 0.6 is 0 Å². The topological polar surface area (TPSA) is 71.7 Å². The monoisotopic (exact) mass is 366 g/mol. The number of benzene rings is 2. The van der Waals surface area contributed by atoms with E-state index in [2.05, 4.69) is 44.9 Å². The molecule has 0 atom stereocenters. The molecule has 142 valence electrons. The van der Waals surface area contributed by atoms with Crippen LogP contribution in [-0.4, -0.2) is 31.1 Å². The van der Waals surface area contributed by atoms with Gasteiger partial charge in [-0.1, -0.05) is 30.3 Å². The number of ether oxygens (including phenoxy) is 1. The first-order valence-corrected chi connectivity index (χ1v) is 9.15. The van der Waals surface area contributed by atoms with E-state index >= 15 is 0 Å². The molecule has 0 aliphatic rings. The molecule has 0 spiro atoms. The van der Waals surface area contributed by atoms with E-state index in [-0.39, 0.29) is 0 Å². The Morgan fingerprint density at radius 2 is 1.93 bits per heavy atom. The summed E-state index contributed by atoms with van der Waals surface area (Å²) in [6.07, 6.45) is 0.866. The van der Waals surface area contributed by atoms with E-state index in [9.17, 15) is 0 Å². The van der Waals surface area contributed by atoms with Crippen LogP contribution in [-0.2, 0) is 6.54 Å². The van der Waals surface area contributed by atoms with Crippen LogP contribution in [0.2, 0.25) is 0 Å². The fourth-order valence-corrected chi connectivity index (χ4v) is 2.72. The van der Waals surface area contributed by atoms with Crippen molar-refractivity contribution in [3.8, 4) is 5.75 Å². The molecule has 1 aromatic heterocycles. The molecule has 6 nitrogen and oxygen atoms in total. The van der Waals surface area contributed by atoms with Crippen LogP contribution in [0.25, 0.3) is 10.8 Å². The lowest BCUT2D eigenvalue weighted by molar-refractivity contribution is 0.311. The fraction of sp³-hybridized carbons (Fsp3) is 0.333. The zero-order chi connectivity index (χ0) is 19.1. The summed E-state index contributed by atoms with van der Waals surface area (Å²) >= 11 is 0. The van der Waals surface area contributed by atoms with Gasteiger partial charge in [0.1, 0.15) is 11.5 Å². The zero-order valence-corrected chi connectivity index (χ0v) is 16.1. The summed E-state index contributed by atoms with van der Waals surface area (Å²) in [7, 11) is 1.74. The van der Waals surface area contributed by atoms with Crippen molar-refractivity contribution in [1.29, 1.82) is 0 Å². The predicted molar refractivity (Wildman–Crippen MR) is 108 cm³/mol. The van der Waals surface area contributed by atoms with Crippen LogP contribution < -0.4 is 15.4 Å². The zero-order valence-electron chi connectivity index (χ0n) is 16.1. The van der Waals surface area contributed by atoms with Crippen LogP contribution in [0.15, 0.2) is 51.9 Å². The Bertz CT molecular complexity index is 898. The number of aliphatic imine (C=N–C) groups is 1. The molecule has 0 amide bonds. The molecule has 2 N–H and O–H groups in total. The number of nitrogens with zero attached hydrogens (tertiary/aromatic N) is 2. The van der Waals surface area contributed by atoms with Crippen LogP contribution in [0, 0.1) is 13.8 Å². The van der Waals surface area contributed by atoms with Gasteiger partial charge in [0.15, 0.2) is 5.96 Å². The van der Waals surface area contributed by atoms with Gasteiger partial charge in [0.05, 0.1) is 18.8 Å². The fourth-order valence-electron chi connectivity index (χ4n) is 2.72. The minimum absolute atomic E-state index is 0.502. The third-order valence-electron chi connectivity index (χ3n) is 4.31. The van der Waals surface area contributed by atoms with E-state index in [1.54, 1.807) is 7.05 Å². The van der Waals surface area contributed by atoms with Gasteiger partial charge < -0.3 is 19.8 Å². The lowest BCUT2D eigenvalue weighted by Gasteiger charge is -2.11. The third kappa shape index (κ3) is 5.23. The van der Waals surface area contributed by atoms with Crippen molar-refractivity contribution in [1.82, 2.24) is 15.6 Å². The van der Waals surface area contributed by atoms with Crippen LogP contribution in [0.4, 0.5) is 0 Å². The predicted octanol–water partition coefficient (Wildman–Crippen LogP) is 3.58. The molecule has 3 aromatic rings. The molecule has 0 aliphatic carbocycles. The minimum atomic E-state index is 0.502. The maximum absolute atomic E-state index is 5.85. The lowest BCUT2D eigenvalue weighted by Crippen LogP contribution is -2.37. The van der Waals surface area contributed by atoms with E-state index in [1.807, 2.05) is 32.0 Å². The van der Waals surface area contributed by atoms with Crippen LogP contribution in [0.3, 0.4) is 0 Å². The van der Waals surface area contributed by atoms with Crippen molar-refractivity contribution >= 4 is 16.7 Å². The summed E-state index contributed by atoms with van der Waals surface area (Å²) in [6.45, 7) is 5.75. The van der Waals surface area contributed by atoms with E-state index in [0.717, 1.165) is 30.2 Å². The number of hydrogen-bond acceptors (Lipinski definition) is 4. The van der Waals surface area contributed by atoms with Gasteiger partial charge in [0.2, 0.25) is 5.89 Å². The summed E-state index contributed by atoms with van der Waals surface area (Å²) in [6, 6.07) is 14.4. The van der Waals surface area contributed by atoms with Gasteiger partial charge in [0, 0.05) is 13.6 Å². The summed E-state index contributed by atoms with van der Waals surface area (Å²) in [5, 5.41) is 8.87. The van der Waals surface area contributed by atoms with Gasteiger partial charge in [-0.15, -0.1) is 0 Å². The molecule has 0 saturated carbocycles. The van der Waals surface area contributed by atoms with Crippen LogP contribution in [0.1, 0.15) is 23.8 Å². The summed E-state index contributed by atoms with van der Waals surface area (Å²) < 4.78 is 11.4.